The molecular formula is C14H14N4S. The van der Waals surface area contributed by atoms with E-state index in [4.69, 9.17) is 0 Å². The first-order valence-corrected chi connectivity index (χ1v) is 6.61. The molecule has 1 aromatic heterocycles. The molecule has 1 aromatic carbocycles. The van der Waals surface area contributed by atoms with Crippen molar-refractivity contribution in [3.05, 3.63) is 48.5 Å². The van der Waals surface area contributed by atoms with Gasteiger partial charge in [-0.3, -0.25) is 0 Å². The fourth-order valence-electron chi connectivity index (χ4n) is 2.05. The maximum Gasteiger partial charge on any atom is 0.0991 e. The molecule has 0 bridgehead atoms. The van der Waals surface area contributed by atoms with Crippen molar-refractivity contribution < 1.29 is 0 Å². The summed E-state index contributed by atoms with van der Waals surface area (Å²) < 4.78 is 1.97. The molecule has 0 N–H and O–H groups in total. The summed E-state index contributed by atoms with van der Waals surface area (Å²) in [6, 6.07) is 8.26. The van der Waals surface area contributed by atoms with Crippen molar-refractivity contribution in [2.45, 2.75) is 13.3 Å². The van der Waals surface area contributed by atoms with Crippen LogP contribution in [-0.4, -0.2) is 20.3 Å². The molecule has 0 saturated heterocycles. The van der Waals surface area contributed by atoms with E-state index in [1.807, 2.05) is 10.8 Å². The fraction of sp³-hybridized carbons (Fsp3) is 0.214. The molecule has 2 heterocycles. The zero-order valence-corrected chi connectivity index (χ0v) is 11.5. The fourth-order valence-corrected chi connectivity index (χ4v) is 2.18. The molecule has 0 amide bonds. The van der Waals surface area contributed by atoms with Gasteiger partial charge in [0.1, 0.15) is 0 Å². The average molecular weight is 270 g/mol. The van der Waals surface area contributed by atoms with Crippen molar-refractivity contribution in [3.8, 4) is 5.69 Å². The highest BCUT2D eigenvalue weighted by Gasteiger charge is 2.16. The number of aromatic nitrogens is 2. The van der Waals surface area contributed by atoms with Crippen LogP contribution in [0.3, 0.4) is 0 Å². The number of benzene rings is 1. The Labute approximate surface area is 117 Å². The van der Waals surface area contributed by atoms with Crippen LogP contribution >= 0.6 is 12.6 Å². The van der Waals surface area contributed by atoms with Crippen molar-refractivity contribution >= 4 is 23.4 Å². The SMILES string of the molecule is CC1CC(c2ccc(-n3ccnc3)cc2)=NN=C1S. The molecule has 0 spiro atoms. The van der Waals surface area contributed by atoms with Crippen LogP contribution in [0.2, 0.25) is 0 Å². The monoisotopic (exact) mass is 270 g/mol. The second-order valence-corrected chi connectivity index (χ2v) is 5.09. The molecule has 19 heavy (non-hydrogen) atoms. The lowest BCUT2D eigenvalue weighted by molar-refractivity contribution is 0.804. The summed E-state index contributed by atoms with van der Waals surface area (Å²) in [7, 11) is 0. The van der Waals surface area contributed by atoms with E-state index in [1.54, 1.807) is 12.5 Å². The van der Waals surface area contributed by atoms with E-state index in [0.717, 1.165) is 28.4 Å². The molecule has 3 rings (SSSR count). The maximum absolute atomic E-state index is 4.30. The van der Waals surface area contributed by atoms with E-state index >= 15 is 0 Å². The first kappa shape index (κ1) is 12.2. The van der Waals surface area contributed by atoms with Gasteiger partial charge in [-0.05, 0) is 17.7 Å². The largest absolute Gasteiger partial charge is 0.306 e. The van der Waals surface area contributed by atoms with Gasteiger partial charge in [-0.15, -0.1) is 17.7 Å². The van der Waals surface area contributed by atoms with Crippen LogP contribution in [0.1, 0.15) is 18.9 Å². The molecule has 0 saturated carbocycles. The number of rotatable bonds is 2. The van der Waals surface area contributed by atoms with Gasteiger partial charge in [-0.25, -0.2) is 4.98 Å². The first-order valence-electron chi connectivity index (χ1n) is 6.16. The zero-order chi connectivity index (χ0) is 13.2. The van der Waals surface area contributed by atoms with Gasteiger partial charge < -0.3 is 4.57 Å². The van der Waals surface area contributed by atoms with Gasteiger partial charge >= 0.3 is 0 Å². The van der Waals surface area contributed by atoms with E-state index in [2.05, 4.69) is 59.0 Å². The minimum absolute atomic E-state index is 0.337. The van der Waals surface area contributed by atoms with Crippen LogP contribution in [0.4, 0.5) is 0 Å². The Morgan fingerprint density at radius 1 is 1.21 bits per heavy atom. The molecule has 0 aliphatic carbocycles. The van der Waals surface area contributed by atoms with Gasteiger partial charge in [0, 0.05) is 30.4 Å². The highest BCUT2D eigenvalue weighted by Crippen LogP contribution is 2.20. The Kier molecular flexibility index (Phi) is 3.21. The van der Waals surface area contributed by atoms with Gasteiger partial charge in [0.2, 0.25) is 0 Å². The minimum atomic E-state index is 0.337. The average Bonchev–Trinajstić information content (AvgIpc) is 2.96. The number of imidazole rings is 1. The molecule has 4 nitrogen and oxygen atoms in total. The van der Waals surface area contributed by atoms with Gasteiger partial charge in [-0.1, -0.05) is 19.1 Å². The Bertz CT molecular complexity index is 626. The second-order valence-electron chi connectivity index (χ2n) is 4.63. The third kappa shape index (κ3) is 2.46. The zero-order valence-electron chi connectivity index (χ0n) is 10.6. The summed E-state index contributed by atoms with van der Waals surface area (Å²) in [4.78, 5) is 4.04. The molecule has 1 atom stereocenters. The van der Waals surface area contributed by atoms with Crippen molar-refractivity contribution in [1.82, 2.24) is 9.55 Å². The van der Waals surface area contributed by atoms with E-state index in [-0.39, 0.29) is 0 Å². The van der Waals surface area contributed by atoms with E-state index in [0.29, 0.717) is 5.92 Å². The highest BCUT2D eigenvalue weighted by atomic mass is 32.1. The first-order chi connectivity index (χ1) is 9.24. The smallest absolute Gasteiger partial charge is 0.0991 e. The summed E-state index contributed by atoms with van der Waals surface area (Å²) in [5, 5.41) is 9.13. The van der Waals surface area contributed by atoms with Crippen LogP contribution in [-0.2, 0) is 0 Å². The molecule has 1 aliphatic rings. The molecule has 1 aliphatic heterocycles. The Balaban J connectivity index is 1.88. The van der Waals surface area contributed by atoms with E-state index < -0.39 is 0 Å². The van der Waals surface area contributed by atoms with Crippen molar-refractivity contribution in [1.29, 1.82) is 0 Å². The number of thiol groups is 1. The predicted octanol–water partition coefficient (Wildman–Crippen LogP) is 2.94. The lowest BCUT2D eigenvalue weighted by Crippen LogP contribution is -2.16. The Hall–Kier alpha value is -1.88. The highest BCUT2D eigenvalue weighted by molar-refractivity contribution is 7.97. The molecule has 0 radical (unpaired) electrons. The molecule has 0 fully saturated rings. The van der Waals surface area contributed by atoms with Crippen molar-refractivity contribution in [3.63, 3.8) is 0 Å². The van der Waals surface area contributed by atoms with Gasteiger partial charge in [-0.2, -0.15) is 5.10 Å². The Morgan fingerprint density at radius 2 is 2.00 bits per heavy atom. The van der Waals surface area contributed by atoms with E-state index in [1.165, 1.54) is 0 Å². The molecule has 96 valence electrons. The molecular weight excluding hydrogens is 256 g/mol. The van der Waals surface area contributed by atoms with Crippen LogP contribution in [0.15, 0.2) is 53.2 Å². The summed E-state index contributed by atoms with van der Waals surface area (Å²) in [6.07, 6.45) is 6.36. The lowest BCUT2D eigenvalue weighted by atomic mass is 9.98. The normalized spacial score (nSPS) is 18.9. The van der Waals surface area contributed by atoms with E-state index in [9.17, 15) is 0 Å². The van der Waals surface area contributed by atoms with Crippen molar-refractivity contribution in [2.24, 2.45) is 16.1 Å². The number of hydrogen-bond donors (Lipinski definition) is 1. The standard InChI is InChI=1S/C14H14N4S/c1-10-8-13(16-17-14(10)19)11-2-4-12(5-3-11)18-7-6-15-9-18/h2-7,9-10H,8H2,1H3,(H,17,19). The van der Waals surface area contributed by atoms with Gasteiger partial charge in [0.25, 0.3) is 0 Å². The molecule has 5 heteroatoms. The van der Waals surface area contributed by atoms with Gasteiger partial charge in [0.15, 0.2) is 0 Å². The Morgan fingerprint density at radius 3 is 2.63 bits per heavy atom. The maximum atomic E-state index is 4.30. The summed E-state index contributed by atoms with van der Waals surface area (Å²) >= 11 is 4.30. The predicted molar refractivity (Wildman–Crippen MR) is 80.3 cm³/mol. The number of hydrogen-bond acceptors (Lipinski definition) is 3. The quantitative estimate of drug-likeness (QED) is 0.838. The number of nitrogens with zero attached hydrogens (tertiary/aromatic N) is 4. The second kappa shape index (κ2) is 5.01. The van der Waals surface area contributed by atoms with Crippen LogP contribution in [0.25, 0.3) is 5.69 Å². The lowest BCUT2D eigenvalue weighted by Gasteiger charge is -2.16. The third-order valence-corrected chi connectivity index (χ3v) is 3.75. The van der Waals surface area contributed by atoms with Crippen LogP contribution in [0, 0.1) is 5.92 Å². The van der Waals surface area contributed by atoms with Crippen molar-refractivity contribution in [2.75, 3.05) is 0 Å². The topological polar surface area (TPSA) is 42.5 Å². The summed E-state index contributed by atoms with van der Waals surface area (Å²) in [5.41, 5.74) is 3.21. The van der Waals surface area contributed by atoms with Crippen LogP contribution in [0.5, 0.6) is 0 Å². The minimum Gasteiger partial charge on any atom is -0.306 e. The summed E-state index contributed by atoms with van der Waals surface area (Å²) in [6.45, 7) is 2.11. The summed E-state index contributed by atoms with van der Waals surface area (Å²) in [5.74, 6) is 0.337. The molecule has 2 aromatic rings. The van der Waals surface area contributed by atoms with Crippen LogP contribution < -0.4 is 0 Å². The molecule has 1 unspecified atom stereocenters. The van der Waals surface area contributed by atoms with Gasteiger partial charge in [0.05, 0.1) is 17.1 Å². The third-order valence-electron chi connectivity index (χ3n) is 3.22.